The Balaban J connectivity index is 3.57. The molecule has 7 atom stereocenters. The first-order valence-corrected chi connectivity index (χ1v) is 39.2. The maximum absolute atomic E-state index is 13.8. The molecule has 0 spiro atoms. The molecule has 410 valence electrons. The zero-order chi connectivity index (χ0) is 53.1. The molecule has 0 aromatic heterocycles. The number of carbonyl (C=O) groups is 1. The molecule has 69 heavy (non-hydrogen) atoms. The topological polar surface area (TPSA) is 103 Å². The van der Waals surface area contributed by atoms with Gasteiger partial charge in [0.05, 0.1) is 19.3 Å². The molecular formula is C55H115NO9Si4. The van der Waals surface area contributed by atoms with Crippen LogP contribution in [0.1, 0.15) is 193 Å². The molecule has 0 saturated carbocycles. The number of hydrogen-bond donors (Lipinski definition) is 1. The fourth-order valence-corrected chi connectivity index (χ4v) is 12.4. The van der Waals surface area contributed by atoms with Gasteiger partial charge in [0.2, 0.25) is 5.91 Å². The Labute approximate surface area is 431 Å². The highest BCUT2D eigenvalue weighted by atomic mass is 28.4. The third kappa shape index (κ3) is 23.0. The zero-order valence-corrected chi connectivity index (χ0v) is 53.4. The Kier molecular flexibility index (Phi) is 28.8. The molecule has 0 unspecified atom stereocenters. The lowest BCUT2D eigenvalue weighted by Crippen LogP contribution is -2.69. The number of methoxy groups -OCH3 is 1. The van der Waals surface area contributed by atoms with E-state index >= 15 is 0 Å². The van der Waals surface area contributed by atoms with Crippen LogP contribution in [0.4, 0.5) is 0 Å². The van der Waals surface area contributed by atoms with Crippen molar-refractivity contribution >= 4 is 39.2 Å². The molecule has 0 bridgehead atoms. The average molecular weight is 1050 g/mol. The van der Waals surface area contributed by atoms with E-state index in [2.05, 4.69) is 154 Å². The molecule has 14 heteroatoms. The van der Waals surface area contributed by atoms with Crippen molar-refractivity contribution in [2.75, 3.05) is 27.1 Å². The van der Waals surface area contributed by atoms with Crippen LogP contribution in [0.2, 0.25) is 72.5 Å². The van der Waals surface area contributed by atoms with Crippen LogP contribution in [0, 0.1) is 0 Å². The molecule has 1 rings (SSSR count). The Morgan fingerprint density at radius 3 is 1.38 bits per heavy atom. The SMILES string of the molecule is C=C[C@H](OCOC)[C@@H](CO[C@@H]1O[C@H](CO[Si](C)(C)C(C)(C)C)[C@@H](O[Si](C)(C)C(C)(C)C)[C@H](O[Si](C)(C)C(C)(C)C)[C@H]1O[Si](C)(C)C(C)(C)C)NC(=O)CCCCCCCCCCCCCCCCC. The van der Waals surface area contributed by atoms with Crippen LogP contribution in [-0.2, 0) is 41.4 Å². The number of carbonyl (C=O) groups excluding carboxylic acids is 1. The summed E-state index contributed by atoms with van der Waals surface area (Å²) in [6.45, 7) is 52.4. The van der Waals surface area contributed by atoms with Gasteiger partial charge in [-0.15, -0.1) is 6.58 Å². The lowest BCUT2D eigenvalue weighted by atomic mass is 9.99. The van der Waals surface area contributed by atoms with E-state index < -0.39 is 76.1 Å². The van der Waals surface area contributed by atoms with Crippen molar-refractivity contribution in [1.29, 1.82) is 0 Å². The Morgan fingerprint density at radius 2 is 0.986 bits per heavy atom. The van der Waals surface area contributed by atoms with Gasteiger partial charge in [0.25, 0.3) is 0 Å². The predicted molar refractivity (Wildman–Crippen MR) is 302 cm³/mol. The predicted octanol–water partition coefficient (Wildman–Crippen LogP) is 15.8. The van der Waals surface area contributed by atoms with Crippen molar-refractivity contribution in [3.8, 4) is 0 Å². The number of rotatable bonds is 34. The Hall–Kier alpha value is -0.242. The fraction of sp³-hybridized carbons (Fsp3) is 0.945. The largest absolute Gasteiger partial charge is 0.414 e. The zero-order valence-electron chi connectivity index (χ0n) is 49.4. The monoisotopic (exact) mass is 1050 g/mol. The summed E-state index contributed by atoms with van der Waals surface area (Å²) < 4.78 is 55.6. The van der Waals surface area contributed by atoms with Crippen molar-refractivity contribution in [3.05, 3.63) is 12.7 Å². The minimum absolute atomic E-state index is 0.0158. The van der Waals surface area contributed by atoms with E-state index in [1.165, 1.54) is 77.0 Å². The highest BCUT2D eigenvalue weighted by Gasteiger charge is 2.57. The number of ether oxygens (including phenoxy) is 4. The maximum Gasteiger partial charge on any atom is 0.220 e. The minimum atomic E-state index is -2.51. The third-order valence-electron chi connectivity index (χ3n) is 16.5. The number of unbranched alkanes of at least 4 members (excludes halogenated alkanes) is 14. The van der Waals surface area contributed by atoms with E-state index in [4.69, 9.17) is 36.7 Å². The van der Waals surface area contributed by atoms with E-state index in [0.717, 1.165) is 19.3 Å². The van der Waals surface area contributed by atoms with Gasteiger partial charge in [-0.2, -0.15) is 0 Å². The van der Waals surface area contributed by atoms with Crippen molar-refractivity contribution in [3.63, 3.8) is 0 Å². The number of nitrogens with one attached hydrogen (secondary N) is 1. The van der Waals surface area contributed by atoms with Gasteiger partial charge >= 0.3 is 0 Å². The molecule has 1 fully saturated rings. The normalized spacial score (nSPS) is 21.3. The van der Waals surface area contributed by atoms with Crippen LogP contribution >= 0.6 is 0 Å². The van der Waals surface area contributed by atoms with Crippen LogP contribution in [0.5, 0.6) is 0 Å². The second-order valence-corrected chi connectivity index (χ2v) is 45.7. The molecule has 0 aromatic carbocycles. The molecule has 1 aliphatic heterocycles. The third-order valence-corrected chi connectivity index (χ3v) is 34.4. The van der Waals surface area contributed by atoms with Gasteiger partial charge in [0, 0.05) is 13.5 Å². The summed E-state index contributed by atoms with van der Waals surface area (Å²) in [7, 11) is -8.08. The van der Waals surface area contributed by atoms with Crippen LogP contribution < -0.4 is 5.32 Å². The Morgan fingerprint density at radius 1 is 0.594 bits per heavy atom. The fourth-order valence-electron chi connectivity index (χ4n) is 7.45. The second kappa shape index (κ2) is 29.7. The quantitative estimate of drug-likeness (QED) is 0.0292. The minimum Gasteiger partial charge on any atom is -0.414 e. The molecule has 1 N–H and O–H groups in total. The van der Waals surface area contributed by atoms with Gasteiger partial charge in [-0.1, -0.05) is 186 Å². The van der Waals surface area contributed by atoms with E-state index in [0.29, 0.717) is 13.0 Å². The summed E-state index contributed by atoms with van der Waals surface area (Å²) >= 11 is 0. The smallest absolute Gasteiger partial charge is 0.220 e. The van der Waals surface area contributed by atoms with Gasteiger partial charge in [-0.25, -0.2) is 0 Å². The van der Waals surface area contributed by atoms with Crippen LogP contribution in [0.15, 0.2) is 12.7 Å². The number of amides is 1. The lowest BCUT2D eigenvalue weighted by Gasteiger charge is -2.55. The van der Waals surface area contributed by atoms with Crippen molar-refractivity contribution < 1.29 is 41.4 Å². The molecular weight excluding hydrogens is 931 g/mol. The molecule has 0 radical (unpaired) electrons. The summed E-state index contributed by atoms with van der Waals surface area (Å²) in [6, 6.07) is -0.568. The number of hydrogen-bond acceptors (Lipinski definition) is 9. The molecule has 0 aromatic rings. The van der Waals surface area contributed by atoms with Crippen molar-refractivity contribution in [2.24, 2.45) is 0 Å². The summed E-state index contributed by atoms with van der Waals surface area (Å²) in [5.74, 6) is -0.0348. The summed E-state index contributed by atoms with van der Waals surface area (Å²) in [4.78, 5) is 13.8. The Bertz CT molecular complexity index is 1430. The van der Waals surface area contributed by atoms with E-state index in [9.17, 15) is 4.79 Å². The highest BCUT2D eigenvalue weighted by molar-refractivity contribution is 6.75. The van der Waals surface area contributed by atoms with Crippen LogP contribution in [-0.4, -0.2) is 109 Å². The van der Waals surface area contributed by atoms with Gasteiger partial charge in [0.15, 0.2) is 39.6 Å². The summed E-state index contributed by atoms with van der Waals surface area (Å²) in [6.07, 6.45) is 17.7. The van der Waals surface area contributed by atoms with Crippen LogP contribution in [0.3, 0.4) is 0 Å². The van der Waals surface area contributed by atoms with Gasteiger partial charge < -0.3 is 42.0 Å². The van der Waals surface area contributed by atoms with Crippen molar-refractivity contribution in [1.82, 2.24) is 5.32 Å². The molecule has 1 aliphatic rings. The first kappa shape index (κ1) is 66.8. The van der Waals surface area contributed by atoms with E-state index in [1.54, 1.807) is 13.2 Å². The van der Waals surface area contributed by atoms with Gasteiger partial charge in [0.1, 0.15) is 37.3 Å². The standard InChI is InChI=1S/C55H115NO9Si4/c1-24-26-27-28-29-30-31-32-33-34-35-36-37-38-39-40-47(57)56-44(45(25-2)60-43-58-15)41-59-51-50(65-69(22,23)55(12,13)14)49(64-68(20,21)54(9,10)11)48(63-67(18,19)53(6,7)8)46(62-51)42-61-66(16,17)52(3,4)5/h25,44-46,48-51H,2,24,26-43H2,1,3-23H3,(H,56,57)/t44-,45+,46-,48-,49+,50-,51-/m1/s1. The molecule has 1 heterocycles. The van der Waals surface area contributed by atoms with Crippen LogP contribution in [0.25, 0.3) is 0 Å². The summed E-state index contributed by atoms with van der Waals surface area (Å²) in [5.41, 5.74) is 0. The first-order chi connectivity index (χ1) is 31.6. The van der Waals surface area contributed by atoms with Gasteiger partial charge in [-0.05, 0) is 78.9 Å². The van der Waals surface area contributed by atoms with Gasteiger partial charge in [-0.3, -0.25) is 4.79 Å². The second-order valence-electron chi connectivity index (χ2n) is 26.6. The molecule has 0 aliphatic carbocycles. The van der Waals surface area contributed by atoms with Crippen molar-refractivity contribution in [2.45, 2.75) is 308 Å². The van der Waals surface area contributed by atoms with E-state index in [-0.39, 0.29) is 39.5 Å². The maximum atomic E-state index is 13.8. The molecule has 10 nitrogen and oxygen atoms in total. The summed E-state index contributed by atoms with van der Waals surface area (Å²) in [5, 5.41) is 2.97. The molecule has 1 saturated heterocycles. The first-order valence-electron chi connectivity index (χ1n) is 27.6. The lowest BCUT2D eigenvalue weighted by molar-refractivity contribution is -0.293. The molecule has 1 amide bonds. The van der Waals surface area contributed by atoms with E-state index in [1.807, 2.05) is 0 Å². The highest BCUT2D eigenvalue weighted by Crippen LogP contribution is 2.47. The average Bonchev–Trinajstić information content (AvgIpc) is 3.20.